The van der Waals surface area contributed by atoms with Crippen LogP contribution in [-0.4, -0.2) is 16.8 Å². The van der Waals surface area contributed by atoms with Crippen molar-refractivity contribution in [2.24, 2.45) is 0 Å². The lowest BCUT2D eigenvalue weighted by Crippen LogP contribution is -2.28. The fourth-order valence-electron chi connectivity index (χ4n) is 2.41. The number of aliphatic hydroxyl groups excluding tert-OH is 1. The lowest BCUT2D eigenvalue weighted by molar-refractivity contribution is 0.0796. The van der Waals surface area contributed by atoms with Gasteiger partial charge in [-0.3, -0.25) is 0 Å². The molecule has 0 radical (unpaired) electrons. The van der Waals surface area contributed by atoms with Crippen molar-refractivity contribution in [3.05, 3.63) is 83.9 Å². The van der Waals surface area contributed by atoms with Crippen molar-refractivity contribution in [3.63, 3.8) is 0 Å². The van der Waals surface area contributed by atoms with Gasteiger partial charge in [-0.15, -0.1) is 0 Å². The summed E-state index contributed by atoms with van der Waals surface area (Å²) in [6.07, 6.45) is 0.906. The lowest BCUT2D eigenvalue weighted by Gasteiger charge is -2.30. The van der Waals surface area contributed by atoms with Gasteiger partial charge < -0.3 is 10.2 Å². The van der Waals surface area contributed by atoms with Crippen LogP contribution in [0.3, 0.4) is 0 Å². The van der Waals surface area contributed by atoms with Gasteiger partial charge in [0.1, 0.15) is 5.60 Å². The van der Waals surface area contributed by atoms with E-state index in [0.717, 1.165) is 16.7 Å². The molecule has 0 unspecified atom stereocenters. The summed E-state index contributed by atoms with van der Waals surface area (Å²) in [5.74, 6) is 0. The molecule has 2 N–H and O–H groups in total. The van der Waals surface area contributed by atoms with Crippen molar-refractivity contribution >= 4 is 0 Å². The van der Waals surface area contributed by atoms with Crippen molar-refractivity contribution < 1.29 is 10.2 Å². The molecule has 0 amide bonds. The Labute approximate surface area is 120 Å². The Kier molecular flexibility index (Phi) is 4.72. The summed E-state index contributed by atoms with van der Waals surface area (Å²) in [5, 5.41) is 20.2. The highest BCUT2D eigenvalue weighted by Crippen LogP contribution is 2.35. The molecule has 0 saturated heterocycles. The Morgan fingerprint density at radius 2 is 1.35 bits per heavy atom. The Balaban J connectivity index is 2.41. The van der Waals surface area contributed by atoms with E-state index in [-0.39, 0.29) is 6.61 Å². The molecule has 0 fully saturated rings. The van der Waals surface area contributed by atoms with Crippen LogP contribution in [0, 0.1) is 0 Å². The molecular weight excluding hydrogens is 248 g/mol. The topological polar surface area (TPSA) is 40.5 Å². The van der Waals surface area contributed by atoms with Crippen LogP contribution in [0.2, 0.25) is 0 Å². The summed E-state index contributed by atoms with van der Waals surface area (Å²) in [7, 11) is 0. The number of rotatable bonds is 6. The molecule has 0 aliphatic rings. The average molecular weight is 268 g/mol. The van der Waals surface area contributed by atoms with Crippen LogP contribution >= 0.6 is 0 Å². The van der Waals surface area contributed by atoms with Gasteiger partial charge in [0.15, 0.2) is 0 Å². The van der Waals surface area contributed by atoms with E-state index in [9.17, 15) is 5.11 Å². The average Bonchev–Trinajstić information content (AvgIpc) is 2.49. The van der Waals surface area contributed by atoms with Crippen molar-refractivity contribution in [1.29, 1.82) is 0 Å². The Morgan fingerprint density at radius 3 is 1.75 bits per heavy atom. The van der Waals surface area contributed by atoms with Crippen LogP contribution in [0.5, 0.6) is 0 Å². The van der Waals surface area contributed by atoms with E-state index in [0.29, 0.717) is 12.8 Å². The molecule has 0 spiro atoms. The predicted molar refractivity (Wildman–Crippen MR) is 81.3 cm³/mol. The zero-order valence-electron chi connectivity index (χ0n) is 11.5. The third-order valence-corrected chi connectivity index (χ3v) is 3.47. The minimum absolute atomic E-state index is 0.0541. The first-order valence-electron chi connectivity index (χ1n) is 6.78. The van der Waals surface area contributed by atoms with Gasteiger partial charge in [0.05, 0.1) is 0 Å². The van der Waals surface area contributed by atoms with Gasteiger partial charge in [-0.2, -0.15) is 0 Å². The van der Waals surface area contributed by atoms with Crippen molar-refractivity contribution in [2.75, 3.05) is 6.61 Å². The number of benzene rings is 2. The molecule has 2 rings (SSSR count). The fraction of sp³-hybridized carbons (Fsp3) is 0.222. The first-order chi connectivity index (χ1) is 9.66. The number of hydrogen-bond acceptors (Lipinski definition) is 2. The third-order valence-electron chi connectivity index (χ3n) is 3.47. The minimum atomic E-state index is -1.10. The van der Waals surface area contributed by atoms with Crippen LogP contribution < -0.4 is 0 Å². The molecule has 0 aliphatic carbocycles. The summed E-state index contributed by atoms with van der Waals surface area (Å²) in [6, 6.07) is 19.2. The second-order valence-corrected chi connectivity index (χ2v) is 4.99. The normalized spacial score (nSPS) is 11.3. The first kappa shape index (κ1) is 14.5. The van der Waals surface area contributed by atoms with Gasteiger partial charge in [-0.1, -0.05) is 72.8 Å². The summed E-state index contributed by atoms with van der Waals surface area (Å²) < 4.78 is 0. The standard InChI is InChI=1S/C18H20O2/c1-15(12-13-19)14-18(20,16-8-4-2-5-9-16)17-10-6-3-7-11-17/h2-11,19-20H,1,12-14H2. The summed E-state index contributed by atoms with van der Waals surface area (Å²) in [6.45, 7) is 4.01. The van der Waals surface area contributed by atoms with Gasteiger partial charge in [-0.25, -0.2) is 0 Å². The molecule has 104 valence electrons. The van der Waals surface area contributed by atoms with Gasteiger partial charge in [0.2, 0.25) is 0 Å². The molecule has 0 saturated carbocycles. The molecule has 0 aliphatic heterocycles. The molecule has 0 heterocycles. The van der Waals surface area contributed by atoms with E-state index in [1.807, 2.05) is 60.7 Å². The van der Waals surface area contributed by atoms with E-state index >= 15 is 0 Å². The van der Waals surface area contributed by atoms with E-state index in [1.165, 1.54) is 0 Å². The van der Waals surface area contributed by atoms with Crippen molar-refractivity contribution in [3.8, 4) is 0 Å². The molecule has 0 aromatic heterocycles. The van der Waals surface area contributed by atoms with E-state index in [1.54, 1.807) is 0 Å². The highest BCUT2D eigenvalue weighted by atomic mass is 16.3. The van der Waals surface area contributed by atoms with E-state index in [4.69, 9.17) is 5.11 Å². The second kappa shape index (κ2) is 6.51. The summed E-state index contributed by atoms with van der Waals surface area (Å²) in [4.78, 5) is 0. The first-order valence-corrected chi connectivity index (χ1v) is 6.78. The second-order valence-electron chi connectivity index (χ2n) is 4.99. The zero-order valence-corrected chi connectivity index (χ0v) is 11.5. The van der Waals surface area contributed by atoms with Crippen LogP contribution in [-0.2, 0) is 5.60 Å². The van der Waals surface area contributed by atoms with Crippen LogP contribution in [0.15, 0.2) is 72.8 Å². The summed E-state index contributed by atoms with van der Waals surface area (Å²) in [5.41, 5.74) is 1.41. The molecule has 0 atom stereocenters. The van der Waals surface area contributed by atoms with Crippen LogP contribution in [0.1, 0.15) is 24.0 Å². The quantitative estimate of drug-likeness (QED) is 0.790. The highest BCUT2D eigenvalue weighted by Gasteiger charge is 2.31. The van der Waals surface area contributed by atoms with E-state index < -0.39 is 5.60 Å². The third kappa shape index (κ3) is 3.16. The monoisotopic (exact) mass is 268 g/mol. The summed E-state index contributed by atoms with van der Waals surface area (Å²) >= 11 is 0. The number of hydrogen-bond donors (Lipinski definition) is 2. The maximum Gasteiger partial charge on any atom is 0.118 e. The fourth-order valence-corrected chi connectivity index (χ4v) is 2.41. The molecule has 0 bridgehead atoms. The minimum Gasteiger partial charge on any atom is -0.396 e. The van der Waals surface area contributed by atoms with Crippen LogP contribution in [0.25, 0.3) is 0 Å². The van der Waals surface area contributed by atoms with Crippen molar-refractivity contribution in [1.82, 2.24) is 0 Å². The zero-order chi connectivity index (χ0) is 14.4. The van der Waals surface area contributed by atoms with Gasteiger partial charge in [-0.05, 0) is 17.5 Å². The van der Waals surface area contributed by atoms with E-state index in [2.05, 4.69) is 6.58 Å². The Morgan fingerprint density at radius 1 is 0.900 bits per heavy atom. The highest BCUT2D eigenvalue weighted by molar-refractivity contribution is 5.37. The molecular formula is C18H20O2. The smallest absolute Gasteiger partial charge is 0.118 e. The largest absolute Gasteiger partial charge is 0.396 e. The predicted octanol–water partition coefficient (Wildman–Crippen LogP) is 3.25. The Hall–Kier alpha value is -1.90. The van der Waals surface area contributed by atoms with Crippen LogP contribution in [0.4, 0.5) is 0 Å². The number of aliphatic hydroxyl groups is 2. The molecule has 2 aromatic rings. The maximum absolute atomic E-state index is 11.2. The van der Waals surface area contributed by atoms with Gasteiger partial charge >= 0.3 is 0 Å². The molecule has 2 nitrogen and oxygen atoms in total. The SMILES string of the molecule is C=C(CCO)CC(O)(c1ccccc1)c1ccccc1. The molecule has 2 aromatic carbocycles. The van der Waals surface area contributed by atoms with Gasteiger partial charge in [0.25, 0.3) is 0 Å². The van der Waals surface area contributed by atoms with Gasteiger partial charge in [0, 0.05) is 13.0 Å². The Bertz CT molecular complexity index is 507. The van der Waals surface area contributed by atoms with Crippen molar-refractivity contribution in [2.45, 2.75) is 18.4 Å². The molecule has 20 heavy (non-hydrogen) atoms. The lowest BCUT2D eigenvalue weighted by atomic mass is 9.81. The molecule has 2 heteroatoms. The maximum atomic E-state index is 11.2.